The molecule has 0 aliphatic rings. The van der Waals surface area contributed by atoms with E-state index in [0.29, 0.717) is 0 Å². The molecule has 2 heteroatoms. The molecule has 0 amide bonds. The van der Waals surface area contributed by atoms with Crippen molar-refractivity contribution in [3.05, 3.63) is 41.7 Å². The fraction of sp³-hybridized carbons (Fsp3) is 0.273. The molecule has 0 N–H and O–H groups in total. The summed E-state index contributed by atoms with van der Waals surface area (Å²) in [7, 11) is 3.91. The molecule has 0 saturated carbocycles. The summed E-state index contributed by atoms with van der Waals surface area (Å²) in [6.45, 7) is 4.42. The molecule has 0 aromatic heterocycles. The predicted octanol–water partition coefficient (Wildman–Crippen LogP) is 2.53. The van der Waals surface area contributed by atoms with Crippen LogP contribution in [0.2, 0.25) is 0 Å². The Bertz CT molecular complexity index is 305. The molecule has 0 unspecified atom stereocenters. The molecule has 0 radical (unpaired) electrons. The number of hydrogen-bond donors (Lipinski definition) is 0. The Morgan fingerprint density at radius 1 is 1.46 bits per heavy atom. The van der Waals surface area contributed by atoms with Crippen molar-refractivity contribution in [2.24, 2.45) is 0 Å². The Balaban J connectivity index is 3.01. The lowest BCUT2D eigenvalue weighted by Crippen LogP contribution is -2.11. The van der Waals surface area contributed by atoms with Crippen molar-refractivity contribution < 1.29 is 4.39 Å². The van der Waals surface area contributed by atoms with Gasteiger partial charge in [0.15, 0.2) is 0 Å². The summed E-state index contributed by atoms with van der Waals surface area (Å²) in [5.74, 6) is -0.192. The molecule has 70 valence electrons. The lowest BCUT2D eigenvalue weighted by atomic mass is 10.1. The normalized spacial score (nSPS) is 10.5. The van der Waals surface area contributed by atoms with Crippen molar-refractivity contribution in [3.63, 3.8) is 0 Å². The van der Waals surface area contributed by atoms with Crippen molar-refractivity contribution in [3.8, 4) is 0 Å². The summed E-state index contributed by atoms with van der Waals surface area (Å²) in [4.78, 5) is 2.00. The van der Waals surface area contributed by atoms with Crippen LogP contribution in [0.15, 0.2) is 24.8 Å². The maximum absolute atomic E-state index is 12.9. The average molecular weight is 179 g/mol. The minimum atomic E-state index is -0.192. The summed E-state index contributed by atoms with van der Waals surface area (Å²) in [5, 5.41) is 0. The zero-order valence-corrected chi connectivity index (χ0v) is 8.05. The molecular weight excluding hydrogens is 165 g/mol. The molecule has 0 aliphatic carbocycles. The standard InChI is InChI=1S/C11H14FN/c1-4-9-5-6-11(12)7-10(9)8-13(2)3/h4-7H,1,8H2,2-3H3. The number of halogens is 1. The highest BCUT2D eigenvalue weighted by Crippen LogP contribution is 2.13. The van der Waals surface area contributed by atoms with Crippen LogP contribution in [0.25, 0.3) is 6.08 Å². The number of nitrogens with zero attached hydrogens (tertiary/aromatic N) is 1. The smallest absolute Gasteiger partial charge is 0.123 e. The second-order valence-electron chi connectivity index (χ2n) is 3.29. The van der Waals surface area contributed by atoms with Gasteiger partial charge in [-0.25, -0.2) is 4.39 Å². The Morgan fingerprint density at radius 2 is 2.15 bits per heavy atom. The molecule has 0 spiro atoms. The molecule has 1 aromatic carbocycles. The lowest BCUT2D eigenvalue weighted by molar-refractivity contribution is 0.401. The first-order valence-corrected chi connectivity index (χ1v) is 4.19. The van der Waals surface area contributed by atoms with Crippen LogP contribution in [-0.4, -0.2) is 19.0 Å². The van der Waals surface area contributed by atoms with E-state index in [9.17, 15) is 4.39 Å². The second-order valence-corrected chi connectivity index (χ2v) is 3.29. The first kappa shape index (κ1) is 9.93. The van der Waals surface area contributed by atoms with Crippen LogP contribution in [0.3, 0.4) is 0 Å². The molecular formula is C11H14FN. The van der Waals surface area contributed by atoms with Crippen LogP contribution in [0.4, 0.5) is 4.39 Å². The van der Waals surface area contributed by atoms with E-state index in [1.807, 2.05) is 19.0 Å². The van der Waals surface area contributed by atoms with Gasteiger partial charge in [0, 0.05) is 6.54 Å². The van der Waals surface area contributed by atoms with E-state index < -0.39 is 0 Å². The monoisotopic (exact) mass is 179 g/mol. The van der Waals surface area contributed by atoms with Crippen LogP contribution >= 0.6 is 0 Å². The Morgan fingerprint density at radius 3 is 2.69 bits per heavy atom. The van der Waals surface area contributed by atoms with Crippen LogP contribution in [0.1, 0.15) is 11.1 Å². The van der Waals surface area contributed by atoms with Gasteiger partial charge < -0.3 is 4.90 Å². The summed E-state index contributed by atoms with van der Waals surface area (Å²) in [6, 6.07) is 4.76. The Kier molecular flexibility index (Phi) is 3.20. The molecule has 1 rings (SSSR count). The van der Waals surface area contributed by atoms with Gasteiger partial charge in [-0.05, 0) is 37.4 Å². The third-order valence-corrected chi connectivity index (χ3v) is 1.81. The number of benzene rings is 1. The molecule has 0 atom stereocenters. The highest BCUT2D eigenvalue weighted by atomic mass is 19.1. The molecule has 0 heterocycles. The van der Waals surface area contributed by atoms with E-state index in [1.165, 1.54) is 6.07 Å². The maximum atomic E-state index is 12.9. The predicted molar refractivity (Wildman–Crippen MR) is 53.9 cm³/mol. The van der Waals surface area contributed by atoms with E-state index in [4.69, 9.17) is 0 Å². The van der Waals surface area contributed by atoms with Crippen molar-refractivity contribution >= 4 is 6.08 Å². The van der Waals surface area contributed by atoms with Crippen molar-refractivity contribution in [2.45, 2.75) is 6.54 Å². The SMILES string of the molecule is C=Cc1ccc(F)cc1CN(C)C. The third-order valence-electron chi connectivity index (χ3n) is 1.81. The first-order chi connectivity index (χ1) is 6.13. The molecule has 13 heavy (non-hydrogen) atoms. The van der Waals surface area contributed by atoms with E-state index in [0.717, 1.165) is 17.7 Å². The summed E-state index contributed by atoms with van der Waals surface area (Å²) >= 11 is 0. The highest BCUT2D eigenvalue weighted by molar-refractivity contribution is 5.51. The third kappa shape index (κ3) is 2.67. The zero-order chi connectivity index (χ0) is 9.84. The fourth-order valence-corrected chi connectivity index (χ4v) is 1.25. The molecule has 0 saturated heterocycles. The number of rotatable bonds is 3. The van der Waals surface area contributed by atoms with Crippen LogP contribution in [-0.2, 0) is 6.54 Å². The van der Waals surface area contributed by atoms with Crippen molar-refractivity contribution in [1.82, 2.24) is 4.90 Å². The summed E-state index contributed by atoms with van der Waals surface area (Å²) in [5.41, 5.74) is 1.97. The van der Waals surface area contributed by atoms with Crippen LogP contribution < -0.4 is 0 Å². The van der Waals surface area contributed by atoms with Gasteiger partial charge in [-0.3, -0.25) is 0 Å². The summed E-state index contributed by atoms with van der Waals surface area (Å²) < 4.78 is 12.9. The van der Waals surface area contributed by atoms with Gasteiger partial charge in [0.05, 0.1) is 0 Å². The largest absolute Gasteiger partial charge is 0.305 e. The van der Waals surface area contributed by atoms with Crippen LogP contribution in [0, 0.1) is 5.82 Å². The number of hydrogen-bond acceptors (Lipinski definition) is 1. The van der Waals surface area contributed by atoms with Gasteiger partial charge >= 0.3 is 0 Å². The maximum Gasteiger partial charge on any atom is 0.123 e. The molecule has 1 aromatic rings. The van der Waals surface area contributed by atoms with Gasteiger partial charge in [0.1, 0.15) is 5.82 Å². The average Bonchev–Trinajstić information content (AvgIpc) is 2.03. The molecule has 0 aliphatic heterocycles. The molecule has 0 fully saturated rings. The van der Waals surface area contributed by atoms with Gasteiger partial charge in [0.2, 0.25) is 0 Å². The van der Waals surface area contributed by atoms with E-state index in [-0.39, 0.29) is 5.82 Å². The van der Waals surface area contributed by atoms with Crippen LogP contribution in [0.5, 0.6) is 0 Å². The highest BCUT2D eigenvalue weighted by Gasteiger charge is 2.02. The Hall–Kier alpha value is -1.15. The fourth-order valence-electron chi connectivity index (χ4n) is 1.25. The summed E-state index contributed by atoms with van der Waals surface area (Å²) in [6.07, 6.45) is 1.75. The minimum absolute atomic E-state index is 0.192. The molecule has 1 nitrogen and oxygen atoms in total. The minimum Gasteiger partial charge on any atom is -0.305 e. The van der Waals surface area contributed by atoms with Gasteiger partial charge in [-0.1, -0.05) is 18.7 Å². The van der Waals surface area contributed by atoms with Gasteiger partial charge in [-0.15, -0.1) is 0 Å². The van der Waals surface area contributed by atoms with E-state index in [2.05, 4.69) is 6.58 Å². The topological polar surface area (TPSA) is 3.24 Å². The second kappa shape index (κ2) is 4.19. The van der Waals surface area contributed by atoms with Gasteiger partial charge in [0.25, 0.3) is 0 Å². The van der Waals surface area contributed by atoms with E-state index in [1.54, 1.807) is 18.2 Å². The molecule has 0 bridgehead atoms. The lowest BCUT2D eigenvalue weighted by Gasteiger charge is -2.12. The van der Waals surface area contributed by atoms with Crippen molar-refractivity contribution in [1.29, 1.82) is 0 Å². The zero-order valence-electron chi connectivity index (χ0n) is 8.05. The van der Waals surface area contributed by atoms with Crippen molar-refractivity contribution in [2.75, 3.05) is 14.1 Å². The first-order valence-electron chi connectivity index (χ1n) is 4.19. The Labute approximate surface area is 78.5 Å². The van der Waals surface area contributed by atoms with E-state index >= 15 is 0 Å². The van der Waals surface area contributed by atoms with Gasteiger partial charge in [-0.2, -0.15) is 0 Å². The quantitative estimate of drug-likeness (QED) is 0.689.